The number of aromatic nitrogens is 2. The molecule has 0 radical (unpaired) electrons. The van der Waals surface area contributed by atoms with Crippen molar-refractivity contribution >= 4 is 16.8 Å². The van der Waals surface area contributed by atoms with Gasteiger partial charge >= 0.3 is 0 Å². The van der Waals surface area contributed by atoms with Crippen LogP contribution in [0.5, 0.6) is 5.75 Å². The van der Waals surface area contributed by atoms with E-state index in [9.17, 15) is 14.0 Å². The highest BCUT2D eigenvalue weighted by Crippen LogP contribution is 2.15. The number of nitrogens with one attached hydrogen (secondary N) is 1. The predicted octanol–water partition coefficient (Wildman–Crippen LogP) is 2.88. The second-order valence-electron chi connectivity index (χ2n) is 5.97. The van der Waals surface area contributed by atoms with E-state index in [2.05, 4.69) is 9.97 Å². The number of carbonyl (C=O) groups is 1. The summed E-state index contributed by atoms with van der Waals surface area (Å²) in [5, 5.41) is 0.508. The number of aromatic amines is 1. The van der Waals surface area contributed by atoms with Crippen LogP contribution < -0.4 is 10.3 Å². The lowest BCUT2D eigenvalue weighted by atomic mass is 10.2. The van der Waals surface area contributed by atoms with Crippen LogP contribution in [0.3, 0.4) is 0 Å². The highest BCUT2D eigenvalue weighted by atomic mass is 19.1. The van der Waals surface area contributed by atoms with Gasteiger partial charge in [0.1, 0.15) is 5.82 Å². The Bertz CT molecular complexity index is 1000. The van der Waals surface area contributed by atoms with Crippen LogP contribution in [0, 0.1) is 5.82 Å². The summed E-state index contributed by atoms with van der Waals surface area (Å²) in [4.78, 5) is 33.3. The van der Waals surface area contributed by atoms with E-state index in [1.165, 1.54) is 12.1 Å². The van der Waals surface area contributed by atoms with Crippen molar-refractivity contribution in [3.63, 3.8) is 0 Å². The fraction of sp³-hybridized carbons (Fsp3) is 0.250. The molecule has 0 aliphatic rings. The second-order valence-corrected chi connectivity index (χ2v) is 5.97. The third-order valence-electron chi connectivity index (χ3n) is 4.15. The van der Waals surface area contributed by atoms with Gasteiger partial charge in [-0.05, 0) is 31.2 Å². The van der Waals surface area contributed by atoms with Crippen LogP contribution in [0.4, 0.5) is 4.39 Å². The summed E-state index contributed by atoms with van der Waals surface area (Å²) in [6.45, 7) is 2.55. The molecule has 7 heteroatoms. The number of rotatable bonds is 7. The van der Waals surface area contributed by atoms with Crippen molar-refractivity contribution < 1.29 is 13.9 Å². The zero-order valence-electron chi connectivity index (χ0n) is 14.9. The van der Waals surface area contributed by atoms with Crippen LogP contribution >= 0.6 is 0 Å². The summed E-state index contributed by atoms with van der Waals surface area (Å²) in [5.41, 5.74) is 0.352. The van der Waals surface area contributed by atoms with Crippen molar-refractivity contribution in [3.05, 3.63) is 70.5 Å². The van der Waals surface area contributed by atoms with E-state index < -0.39 is 5.82 Å². The molecule has 1 heterocycles. The van der Waals surface area contributed by atoms with Gasteiger partial charge in [-0.25, -0.2) is 9.37 Å². The molecule has 0 atom stereocenters. The Labute approximate surface area is 155 Å². The van der Waals surface area contributed by atoms with Crippen LogP contribution in [0.2, 0.25) is 0 Å². The van der Waals surface area contributed by atoms with Gasteiger partial charge in [-0.2, -0.15) is 0 Å². The molecule has 1 N–H and O–H groups in total. The molecule has 0 aliphatic heterocycles. The van der Waals surface area contributed by atoms with Crippen LogP contribution in [0.15, 0.2) is 53.3 Å². The minimum Gasteiger partial charge on any atom is -0.490 e. The van der Waals surface area contributed by atoms with Gasteiger partial charge in [0, 0.05) is 6.54 Å². The number of halogens is 1. The minimum atomic E-state index is -0.463. The molecule has 0 fully saturated rings. The van der Waals surface area contributed by atoms with E-state index in [0.29, 0.717) is 23.3 Å². The van der Waals surface area contributed by atoms with E-state index in [0.717, 1.165) is 0 Å². The number of H-pyrrole nitrogens is 1. The monoisotopic (exact) mass is 369 g/mol. The van der Waals surface area contributed by atoms with Crippen molar-refractivity contribution in [1.29, 1.82) is 0 Å². The van der Waals surface area contributed by atoms with Crippen LogP contribution in [-0.4, -0.2) is 33.9 Å². The van der Waals surface area contributed by atoms with Gasteiger partial charge < -0.3 is 14.6 Å². The first-order valence-electron chi connectivity index (χ1n) is 8.71. The van der Waals surface area contributed by atoms with Gasteiger partial charge in [-0.1, -0.05) is 24.3 Å². The Balaban J connectivity index is 1.63. The second kappa shape index (κ2) is 8.44. The van der Waals surface area contributed by atoms with E-state index in [4.69, 9.17) is 4.74 Å². The molecule has 3 aromatic rings. The first kappa shape index (κ1) is 18.6. The van der Waals surface area contributed by atoms with Gasteiger partial charge in [0.2, 0.25) is 5.91 Å². The van der Waals surface area contributed by atoms with Gasteiger partial charge in [-0.3, -0.25) is 9.59 Å². The topological polar surface area (TPSA) is 75.3 Å². The van der Waals surface area contributed by atoms with Crippen molar-refractivity contribution in [2.45, 2.75) is 19.9 Å². The number of carbonyl (C=O) groups excluding carboxylic acids is 1. The van der Waals surface area contributed by atoms with E-state index in [1.54, 1.807) is 41.3 Å². The largest absolute Gasteiger partial charge is 0.490 e. The Hall–Kier alpha value is -3.22. The van der Waals surface area contributed by atoms with Gasteiger partial charge in [0.25, 0.3) is 5.56 Å². The maximum Gasteiger partial charge on any atom is 0.258 e. The van der Waals surface area contributed by atoms with E-state index in [-0.39, 0.29) is 36.8 Å². The minimum absolute atomic E-state index is 0.0674. The van der Waals surface area contributed by atoms with E-state index in [1.807, 2.05) is 6.92 Å². The fourth-order valence-corrected chi connectivity index (χ4v) is 2.74. The van der Waals surface area contributed by atoms with Crippen LogP contribution in [0.25, 0.3) is 10.9 Å². The molecule has 0 bridgehead atoms. The summed E-state index contributed by atoms with van der Waals surface area (Å²) < 4.78 is 18.9. The smallest absolute Gasteiger partial charge is 0.258 e. The Kier molecular flexibility index (Phi) is 5.80. The average Bonchev–Trinajstić information content (AvgIpc) is 2.67. The summed E-state index contributed by atoms with van der Waals surface area (Å²) >= 11 is 0. The SMILES string of the molecule is CCN(Cc1nc2ccccc2c(=O)[nH]1)C(=O)CCOc1ccccc1F. The molecule has 0 unspecified atom stereocenters. The quantitative estimate of drug-likeness (QED) is 0.695. The van der Waals surface area contributed by atoms with E-state index >= 15 is 0 Å². The molecule has 27 heavy (non-hydrogen) atoms. The van der Waals surface area contributed by atoms with Gasteiger partial charge in [0.15, 0.2) is 11.6 Å². The molecule has 2 aromatic carbocycles. The Morgan fingerprint density at radius 3 is 2.70 bits per heavy atom. The highest BCUT2D eigenvalue weighted by Gasteiger charge is 2.15. The number of hydrogen-bond donors (Lipinski definition) is 1. The lowest BCUT2D eigenvalue weighted by Crippen LogP contribution is -2.32. The van der Waals surface area contributed by atoms with Crippen molar-refractivity contribution in [1.82, 2.24) is 14.9 Å². The van der Waals surface area contributed by atoms with Crippen LogP contribution in [-0.2, 0) is 11.3 Å². The molecule has 1 aromatic heterocycles. The Morgan fingerprint density at radius 2 is 1.93 bits per heavy atom. The van der Waals surface area contributed by atoms with Crippen molar-refractivity contribution in [2.75, 3.05) is 13.2 Å². The maximum atomic E-state index is 13.5. The molecule has 0 saturated carbocycles. The van der Waals surface area contributed by atoms with Gasteiger partial charge in [0.05, 0.1) is 30.5 Å². The number of fused-ring (bicyclic) bond motifs is 1. The lowest BCUT2D eigenvalue weighted by molar-refractivity contribution is -0.132. The summed E-state index contributed by atoms with van der Waals surface area (Å²) in [7, 11) is 0. The number of amides is 1. The first-order valence-corrected chi connectivity index (χ1v) is 8.71. The molecule has 140 valence electrons. The third-order valence-corrected chi connectivity index (χ3v) is 4.15. The molecule has 3 rings (SSSR count). The summed E-state index contributed by atoms with van der Waals surface area (Å²) in [6, 6.07) is 13.1. The highest BCUT2D eigenvalue weighted by molar-refractivity contribution is 5.78. The molecule has 0 spiro atoms. The number of para-hydroxylation sites is 2. The fourth-order valence-electron chi connectivity index (χ4n) is 2.74. The molecule has 0 aliphatic carbocycles. The maximum absolute atomic E-state index is 13.5. The molecular weight excluding hydrogens is 349 g/mol. The summed E-state index contributed by atoms with van der Waals surface area (Å²) in [6.07, 6.45) is 0.0972. The molecular formula is C20H20FN3O3. The molecule has 1 amide bonds. The lowest BCUT2D eigenvalue weighted by Gasteiger charge is -2.20. The zero-order chi connectivity index (χ0) is 19.2. The number of ether oxygens (including phenoxy) is 1. The third kappa shape index (κ3) is 4.49. The molecule has 6 nitrogen and oxygen atoms in total. The van der Waals surface area contributed by atoms with Crippen molar-refractivity contribution in [2.24, 2.45) is 0 Å². The van der Waals surface area contributed by atoms with Crippen LogP contribution in [0.1, 0.15) is 19.2 Å². The summed E-state index contributed by atoms with van der Waals surface area (Å²) in [5.74, 6) is -0.0855. The zero-order valence-corrected chi connectivity index (χ0v) is 14.9. The number of nitrogens with zero attached hydrogens (tertiary/aromatic N) is 2. The molecule has 0 saturated heterocycles. The standard InChI is InChI=1S/C20H20FN3O3/c1-2-24(19(25)11-12-27-17-10-6-4-8-15(17)21)13-18-22-16-9-5-3-7-14(16)20(26)23-18/h3-10H,2,11-13H2,1H3,(H,22,23,26). The normalized spacial score (nSPS) is 10.7. The first-order chi connectivity index (χ1) is 13.1. The number of hydrogen-bond acceptors (Lipinski definition) is 4. The predicted molar refractivity (Wildman–Crippen MR) is 100.0 cm³/mol. The van der Waals surface area contributed by atoms with Gasteiger partial charge in [-0.15, -0.1) is 0 Å². The number of benzene rings is 2. The van der Waals surface area contributed by atoms with Crippen molar-refractivity contribution in [3.8, 4) is 5.75 Å². The Morgan fingerprint density at radius 1 is 1.19 bits per heavy atom. The average molecular weight is 369 g/mol.